The van der Waals surface area contributed by atoms with Crippen molar-refractivity contribution in [1.29, 1.82) is 0 Å². The first kappa shape index (κ1) is 19.2. The molecule has 0 atom stereocenters. The fraction of sp³-hybridized carbons (Fsp3) is 0.636. The van der Waals surface area contributed by atoms with Crippen LogP contribution in [0.15, 0.2) is 18.2 Å². The van der Waals surface area contributed by atoms with Gasteiger partial charge in [-0.15, -0.1) is 0 Å². The van der Waals surface area contributed by atoms with E-state index >= 15 is 0 Å². The second-order valence-corrected chi connectivity index (χ2v) is 8.03. The van der Waals surface area contributed by atoms with Crippen molar-refractivity contribution in [3.05, 3.63) is 23.9 Å². The van der Waals surface area contributed by atoms with Gasteiger partial charge in [0.1, 0.15) is 11.3 Å². The van der Waals surface area contributed by atoms with E-state index in [1.54, 1.807) is 7.11 Å². The van der Waals surface area contributed by atoms with Crippen LogP contribution in [0.1, 0.15) is 57.1 Å². The number of carbonyl (C=O) groups is 1. The van der Waals surface area contributed by atoms with Crippen LogP contribution in [-0.2, 0) is 9.53 Å². The molecule has 6 nitrogen and oxygen atoms in total. The Bertz CT molecular complexity index is 802. The summed E-state index contributed by atoms with van der Waals surface area (Å²) in [4.78, 5) is 15.0. The fourth-order valence-corrected chi connectivity index (χ4v) is 4.81. The van der Waals surface area contributed by atoms with Gasteiger partial charge in [-0.05, 0) is 51.5 Å². The summed E-state index contributed by atoms with van der Waals surface area (Å²) >= 11 is 0. The van der Waals surface area contributed by atoms with Gasteiger partial charge in [0.2, 0.25) is 5.91 Å². The van der Waals surface area contributed by atoms with E-state index in [9.17, 15) is 4.79 Å². The Labute approximate surface area is 166 Å². The number of H-pyrrole nitrogens is 1. The number of piperidine rings is 1. The zero-order chi connectivity index (χ0) is 19.5. The molecule has 2 fully saturated rings. The van der Waals surface area contributed by atoms with Gasteiger partial charge in [0.05, 0.1) is 12.7 Å². The number of nitrogens with one attached hydrogen (secondary N) is 1. The predicted molar refractivity (Wildman–Crippen MR) is 109 cm³/mol. The van der Waals surface area contributed by atoms with Crippen LogP contribution >= 0.6 is 0 Å². The van der Waals surface area contributed by atoms with Crippen LogP contribution in [0.2, 0.25) is 0 Å². The first-order valence-electron chi connectivity index (χ1n) is 10.6. The third kappa shape index (κ3) is 3.75. The third-order valence-corrected chi connectivity index (χ3v) is 6.45. The molecule has 1 aromatic carbocycles. The molecule has 1 saturated heterocycles. The van der Waals surface area contributed by atoms with Crippen LogP contribution in [0, 0.1) is 5.92 Å². The molecule has 1 saturated carbocycles. The van der Waals surface area contributed by atoms with Gasteiger partial charge >= 0.3 is 0 Å². The summed E-state index contributed by atoms with van der Waals surface area (Å²) in [7, 11) is 1.77. The first-order chi connectivity index (χ1) is 13.7. The molecular weight excluding hydrogens is 354 g/mol. The lowest BCUT2D eigenvalue weighted by atomic mass is 9.85. The Morgan fingerprint density at radius 3 is 2.61 bits per heavy atom. The number of fused-ring (bicyclic) bond motifs is 1. The normalized spacial score (nSPS) is 23.9. The Kier molecular flexibility index (Phi) is 5.85. The topological polar surface area (TPSA) is 67.4 Å². The standard InChI is InChI=1S/C22H31N3O3/c1-3-28-19-6-4-5-18-20(23-24-21(18)19)15-11-13-25(14-12-15)22(26)16-7-9-17(27-2)10-8-16/h4-6,15-17H,3,7-14H2,1-2H3,(H,23,24). The fourth-order valence-electron chi connectivity index (χ4n) is 4.81. The average molecular weight is 386 g/mol. The van der Waals surface area contributed by atoms with Crippen LogP contribution in [0.4, 0.5) is 0 Å². The monoisotopic (exact) mass is 385 g/mol. The van der Waals surface area contributed by atoms with Crippen molar-refractivity contribution in [2.75, 3.05) is 26.8 Å². The van der Waals surface area contributed by atoms with Gasteiger partial charge in [0.15, 0.2) is 0 Å². The Balaban J connectivity index is 1.39. The second kappa shape index (κ2) is 8.52. The maximum atomic E-state index is 12.9. The largest absolute Gasteiger partial charge is 0.492 e. The second-order valence-electron chi connectivity index (χ2n) is 8.03. The summed E-state index contributed by atoms with van der Waals surface area (Å²) in [5, 5.41) is 8.91. The van der Waals surface area contributed by atoms with Crippen molar-refractivity contribution in [2.45, 2.75) is 57.5 Å². The molecule has 1 aliphatic carbocycles. The minimum atomic E-state index is 0.185. The predicted octanol–water partition coefficient (Wildman–Crippen LogP) is 3.87. The SMILES string of the molecule is CCOc1cccc2c(C3CCN(C(=O)C4CCC(OC)CC4)CC3)[nH]nc12. The van der Waals surface area contributed by atoms with Crippen LogP contribution in [0.3, 0.4) is 0 Å². The van der Waals surface area contributed by atoms with Crippen LogP contribution in [0.5, 0.6) is 5.75 Å². The van der Waals surface area contributed by atoms with E-state index in [-0.39, 0.29) is 5.92 Å². The minimum Gasteiger partial charge on any atom is -0.492 e. The summed E-state index contributed by atoms with van der Waals surface area (Å²) in [5.74, 6) is 1.78. The first-order valence-corrected chi connectivity index (χ1v) is 10.6. The number of aromatic amines is 1. The quantitative estimate of drug-likeness (QED) is 0.848. The molecule has 6 heteroatoms. The summed E-state index contributed by atoms with van der Waals surface area (Å²) in [5.41, 5.74) is 2.09. The van der Waals surface area contributed by atoms with Crippen molar-refractivity contribution in [3.63, 3.8) is 0 Å². The zero-order valence-corrected chi connectivity index (χ0v) is 16.9. The van der Waals surface area contributed by atoms with E-state index < -0.39 is 0 Å². The van der Waals surface area contributed by atoms with Gasteiger partial charge in [0, 0.05) is 43.1 Å². The minimum absolute atomic E-state index is 0.185. The number of nitrogens with zero attached hydrogens (tertiary/aromatic N) is 2. The number of hydrogen-bond acceptors (Lipinski definition) is 4. The molecule has 2 heterocycles. The number of hydrogen-bond donors (Lipinski definition) is 1. The van der Waals surface area contributed by atoms with Gasteiger partial charge < -0.3 is 14.4 Å². The number of ether oxygens (including phenoxy) is 2. The molecule has 0 spiro atoms. The Morgan fingerprint density at radius 2 is 1.93 bits per heavy atom. The number of methoxy groups -OCH3 is 1. The highest BCUT2D eigenvalue weighted by Crippen LogP contribution is 2.35. The van der Waals surface area contributed by atoms with Crippen molar-refractivity contribution in [2.24, 2.45) is 5.92 Å². The van der Waals surface area contributed by atoms with Crippen LogP contribution in [0.25, 0.3) is 10.9 Å². The average Bonchev–Trinajstić information content (AvgIpc) is 3.19. The molecule has 0 unspecified atom stereocenters. The molecule has 28 heavy (non-hydrogen) atoms. The van der Waals surface area contributed by atoms with E-state index in [1.165, 1.54) is 5.69 Å². The molecule has 2 aliphatic rings. The smallest absolute Gasteiger partial charge is 0.225 e. The Hall–Kier alpha value is -2.08. The number of benzene rings is 1. The lowest BCUT2D eigenvalue weighted by molar-refractivity contribution is -0.138. The summed E-state index contributed by atoms with van der Waals surface area (Å²) in [6.45, 7) is 4.29. The molecule has 1 amide bonds. The van der Waals surface area contributed by atoms with Crippen molar-refractivity contribution >= 4 is 16.8 Å². The lowest BCUT2D eigenvalue weighted by Crippen LogP contribution is -2.42. The molecule has 1 aromatic heterocycles. The zero-order valence-electron chi connectivity index (χ0n) is 16.9. The van der Waals surface area contributed by atoms with E-state index in [0.29, 0.717) is 24.5 Å². The maximum absolute atomic E-state index is 12.9. The summed E-state index contributed by atoms with van der Waals surface area (Å²) in [6, 6.07) is 6.11. The van der Waals surface area contributed by atoms with E-state index in [2.05, 4.69) is 21.2 Å². The summed E-state index contributed by atoms with van der Waals surface area (Å²) < 4.78 is 11.1. The van der Waals surface area contributed by atoms with E-state index in [1.807, 2.05) is 19.1 Å². The van der Waals surface area contributed by atoms with Crippen LogP contribution in [-0.4, -0.2) is 53.9 Å². The highest BCUT2D eigenvalue weighted by molar-refractivity contribution is 5.87. The van der Waals surface area contributed by atoms with E-state index in [0.717, 1.165) is 68.3 Å². The van der Waals surface area contributed by atoms with Gasteiger partial charge in [-0.1, -0.05) is 12.1 Å². The van der Waals surface area contributed by atoms with Gasteiger partial charge in [-0.3, -0.25) is 9.89 Å². The number of para-hydroxylation sites is 1. The maximum Gasteiger partial charge on any atom is 0.225 e. The summed E-state index contributed by atoms with van der Waals surface area (Å²) in [6.07, 6.45) is 6.23. The molecule has 4 rings (SSSR count). The molecule has 0 bridgehead atoms. The number of rotatable bonds is 5. The number of aromatic nitrogens is 2. The van der Waals surface area contributed by atoms with E-state index in [4.69, 9.17) is 9.47 Å². The van der Waals surface area contributed by atoms with Crippen molar-refractivity contribution in [3.8, 4) is 5.75 Å². The molecular formula is C22H31N3O3. The molecule has 0 radical (unpaired) electrons. The van der Waals surface area contributed by atoms with Crippen molar-refractivity contribution < 1.29 is 14.3 Å². The van der Waals surface area contributed by atoms with Gasteiger partial charge in [-0.25, -0.2) is 0 Å². The van der Waals surface area contributed by atoms with Crippen molar-refractivity contribution in [1.82, 2.24) is 15.1 Å². The lowest BCUT2D eigenvalue weighted by Gasteiger charge is -2.36. The highest BCUT2D eigenvalue weighted by Gasteiger charge is 2.32. The van der Waals surface area contributed by atoms with Gasteiger partial charge in [-0.2, -0.15) is 5.10 Å². The highest BCUT2D eigenvalue weighted by atomic mass is 16.5. The number of amides is 1. The number of carbonyl (C=O) groups excluding carboxylic acids is 1. The molecule has 152 valence electrons. The Morgan fingerprint density at radius 1 is 1.18 bits per heavy atom. The van der Waals surface area contributed by atoms with Gasteiger partial charge in [0.25, 0.3) is 0 Å². The van der Waals surface area contributed by atoms with Crippen LogP contribution < -0.4 is 4.74 Å². The third-order valence-electron chi connectivity index (χ3n) is 6.45. The molecule has 2 aromatic rings. The molecule has 1 N–H and O–H groups in total. The molecule has 1 aliphatic heterocycles. The number of likely N-dealkylation sites (tertiary alicyclic amines) is 1.